The number of aromatic nitrogens is 1. The molecule has 0 saturated carbocycles. The number of nitrogens with zero attached hydrogens (tertiary/aromatic N) is 1. The maximum absolute atomic E-state index is 4.87. The van der Waals surface area contributed by atoms with E-state index in [9.17, 15) is 0 Å². The molecular formula is C30H40N4S. The minimum Gasteiger partial charge on any atom is -0.359 e. The molecule has 0 amide bonds. The molecule has 2 heterocycles. The molecule has 1 atom stereocenters. The van der Waals surface area contributed by atoms with Gasteiger partial charge in [-0.15, -0.1) is 0 Å². The number of aryl methyl sites for hydroxylation is 3. The summed E-state index contributed by atoms with van der Waals surface area (Å²) in [6, 6.07) is 12.6. The molecule has 1 aliphatic heterocycles. The lowest BCUT2D eigenvalue weighted by Crippen LogP contribution is -2.40. The van der Waals surface area contributed by atoms with Gasteiger partial charge in [-0.1, -0.05) is 79.8 Å². The Kier molecular flexibility index (Phi) is 9.67. The van der Waals surface area contributed by atoms with Crippen molar-refractivity contribution in [2.75, 3.05) is 10.6 Å². The van der Waals surface area contributed by atoms with Crippen LogP contribution < -0.4 is 16.0 Å². The summed E-state index contributed by atoms with van der Waals surface area (Å²) in [6.45, 7) is 12.5. The van der Waals surface area contributed by atoms with Crippen LogP contribution in [0.5, 0.6) is 0 Å². The molecule has 4 nitrogen and oxygen atoms in total. The minimum atomic E-state index is -0.363. The third-order valence-corrected chi connectivity index (χ3v) is 7.23. The summed E-state index contributed by atoms with van der Waals surface area (Å²) in [7, 11) is 0. The third-order valence-electron chi connectivity index (χ3n) is 6.04. The van der Waals surface area contributed by atoms with Gasteiger partial charge >= 0.3 is 0 Å². The third kappa shape index (κ3) is 7.28. The van der Waals surface area contributed by atoms with Gasteiger partial charge in [0.25, 0.3) is 0 Å². The molecule has 0 saturated heterocycles. The number of allylic oxidation sites excluding steroid dienone is 5. The van der Waals surface area contributed by atoms with Crippen molar-refractivity contribution in [3.8, 4) is 0 Å². The molecule has 1 unspecified atom stereocenters. The zero-order valence-electron chi connectivity index (χ0n) is 22.0. The lowest BCUT2D eigenvalue weighted by atomic mass is 10.1. The van der Waals surface area contributed by atoms with E-state index in [0.29, 0.717) is 0 Å². The minimum absolute atomic E-state index is 0.363. The molecule has 35 heavy (non-hydrogen) atoms. The number of pyridine rings is 1. The van der Waals surface area contributed by atoms with Gasteiger partial charge < -0.3 is 16.0 Å². The Morgan fingerprint density at radius 3 is 2.54 bits per heavy atom. The predicted octanol–water partition coefficient (Wildman–Crippen LogP) is 8.21. The van der Waals surface area contributed by atoms with Crippen molar-refractivity contribution in [3.05, 3.63) is 99.9 Å². The fourth-order valence-corrected chi connectivity index (χ4v) is 5.32. The summed E-state index contributed by atoms with van der Waals surface area (Å²) < 4.78 is 0. The Morgan fingerprint density at radius 2 is 1.86 bits per heavy atom. The van der Waals surface area contributed by atoms with Gasteiger partial charge in [0, 0.05) is 23.3 Å². The van der Waals surface area contributed by atoms with Crippen molar-refractivity contribution in [2.45, 2.75) is 72.2 Å². The quantitative estimate of drug-likeness (QED) is 0.332. The molecule has 0 radical (unpaired) electrons. The van der Waals surface area contributed by atoms with Crippen molar-refractivity contribution < 1.29 is 0 Å². The number of rotatable bonds is 9. The van der Waals surface area contributed by atoms with E-state index in [1.807, 2.05) is 19.9 Å². The van der Waals surface area contributed by atoms with Gasteiger partial charge in [0.2, 0.25) is 0 Å². The average molecular weight is 489 g/mol. The van der Waals surface area contributed by atoms with Crippen LogP contribution in [0.4, 0.5) is 11.5 Å². The number of thioether (sulfide) groups is 1. The lowest BCUT2D eigenvalue weighted by Gasteiger charge is -2.27. The second kappa shape index (κ2) is 12.7. The first-order valence-corrected chi connectivity index (χ1v) is 13.5. The summed E-state index contributed by atoms with van der Waals surface area (Å²) in [6.07, 6.45) is 15.2. The Bertz CT molecular complexity index is 1110. The molecule has 1 aromatic carbocycles. The molecule has 1 aromatic heterocycles. The lowest BCUT2D eigenvalue weighted by molar-refractivity contribution is 0.664. The second-order valence-electron chi connectivity index (χ2n) is 8.83. The molecule has 4 rings (SSSR count). The molecule has 2 aliphatic rings. The van der Waals surface area contributed by atoms with Gasteiger partial charge in [-0.25, -0.2) is 4.98 Å². The maximum atomic E-state index is 4.87. The van der Waals surface area contributed by atoms with Crippen LogP contribution in [-0.4, -0.2) is 9.98 Å². The first-order valence-electron chi connectivity index (χ1n) is 12.7. The monoisotopic (exact) mass is 488 g/mol. The zero-order valence-corrected chi connectivity index (χ0v) is 22.9. The molecule has 0 bridgehead atoms. The molecule has 0 spiro atoms. The fourth-order valence-electron chi connectivity index (χ4n) is 4.21. The summed E-state index contributed by atoms with van der Waals surface area (Å²) in [5.74, 6) is 0.899. The standard InChI is InChI=1S/C28H34N4S.C2H6/c1-5-24(31-27-20(2)11-8-12-21(27)3)25-19-29-28(4,33-25)32-26-18-10-17-23(30-26)16-9-15-22-13-6-7-14-22;1-2/h5-8,10-13,17-19,29,31H,9,14-16H2,1-4H3,(H,30,32);1-2H3/b24-5+;. The number of benzene rings is 1. The van der Waals surface area contributed by atoms with E-state index >= 15 is 0 Å². The number of nitrogens with one attached hydrogen (secondary N) is 3. The smallest absolute Gasteiger partial charge is 0.159 e. The first kappa shape index (κ1) is 26.7. The van der Waals surface area contributed by atoms with Crippen molar-refractivity contribution in [3.63, 3.8) is 0 Å². The van der Waals surface area contributed by atoms with Crippen molar-refractivity contribution >= 4 is 23.3 Å². The van der Waals surface area contributed by atoms with Crippen LogP contribution in [0, 0.1) is 13.8 Å². The molecular weight excluding hydrogens is 448 g/mol. The van der Waals surface area contributed by atoms with Crippen LogP contribution in [-0.2, 0) is 6.42 Å². The van der Waals surface area contributed by atoms with Crippen molar-refractivity contribution in [2.24, 2.45) is 0 Å². The predicted molar refractivity (Wildman–Crippen MR) is 154 cm³/mol. The van der Waals surface area contributed by atoms with E-state index < -0.39 is 0 Å². The molecule has 2 aromatic rings. The highest BCUT2D eigenvalue weighted by Crippen LogP contribution is 2.40. The normalized spacial score (nSPS) is 18.9. The van der Waals surface area contributed by atoms with Gasteiger partial charge in [0.15, 0.2) is 4.99 Å². The summed E-state index contributed by atoms with van der Waals surface area (Å²) in [5, 5.41) is 10.8. The fraction of sp³-hybridized carbons (Fsp3) is 0.367. The first-order chi connectivity index (χ1) is 17.0. The van der Waals surface area contributed by atoms with Crippen LogP contribution in [0.2, 0.25) is 0 Å². The highest BCUT2D eigenvalue weighted by Gasteiger charge is 2.32. The van der Waals surface area contributed by atoms with Gasteiger partial charge in [-0.2, -0.15) is 0 Å². The Morgan fingerprint density at radius 1 is 1.11 bits per heavy atom. The van der Waals surface area contributed by atoms with E-state index in [2.05, 4.69) is 104 Å². The van der Waals surface area contributed by atoms with Crippen LogP contribution in [0.3, 0.4) is 0 Å². The Hall–Kier alpha value is -2.92. The van der Waals surface area contributed by atoms with Crippen LogP contribution in [0.15, 0.2) is 83.1 Å². The average Bonchev–Trinajstić information content (AvgIpc) is 3.51. The number of hydrogen-bond acceptors (Lipinski definition) is 5. The van der Waals surface area contributed by atoms with E-state index in [4.69, 9.17) is 4.98 Å². The maximum Gasteiger partial charge on any atom is 0.159 e. The summed E-state index contributed by atoms with van der Waals surface area (Å²) in [5.41, 5.74) is 7.43. The zero-order chi connectivity index (χ0) is 25.3. The molecule has 186 valence electrons. The molecule has 5 heteroatoms. The van der Waals surface area contributed by atoms with Gasteiger partial charge in [0.1, 0.15) is 5.82 Å². The van der Waals surface area contributed by atoms with E-state index in [1.54, 1.807) is 11.8 Å². The van der Waals surface area contributed by atoms with E-state index in [-0.39, 0.29) is 4.99 Å². The van der Waals surface area contributed by atoms with Crippen LogP contribution >= 0.6 is 11.8 Å². The van der Waals surface area contributed by atoms with Crippen LogP contribution in [0.1, 0.15) is 63.8 Å². The topological polar surface area (TPSA) is 49.0 Å². The second-order valence-corrected chi connectivity index (χ2v) is 10.3. The number of hydrogen-bond donors (Lipinski definition) is 3. The number of anilines is 2. The van der Waals surface area contributed by atoms with Gasteiger partial charge in [0.05, 0.1) is 4.91 Å². The van der Waals surface area contributed by atoms with Gasteiger partial charge in [-0.05, 0) is 76.6 Å². The summed E-state index contributed by atoms with van der Waals surface area (Å²) in [4.78, 5) is 5.68. The van der Waals surface area contributed by atoms with Crippen LogP contribution in [0.25, 0.3) is 0 Å². The summed E-state index contributed by atoms with van der Waals surface area (Å²) >= 11 is 1.77. The Labute approximate surface area is 216 Å². The SMILES string of the molecule is C/C=C(/Nc1c(C)cccc1C)C1=CNC(C)(Nc2cccc(CCCC3=CC=CC3)n2)S1.CC. The number of para-hydroxylation sites is 1. The van der Waals surface area contributed by atoms with Crippen molar-refractivity contribution in [1.82, 2.24) is 10.3 Å². The van der Waals surface area contributed by atoms with Gasteiger partial charge in [-0.3, -0.25) is 0 Å². The highest BCUT2D eigenvalue weighted by molar-refractivity contribution is 8.04. The van der Waals surface area contributed by atoms with E-state index in [0.717, 1.165) is 42.9 Å². The highest BCUT2D eigenvalue weighted by atomic mass is 32.2. The van der Waals surface area contributed by atoms with E-state index in [1.165, 1.54) is 27.3 Å². The molecule has 1 aliphatic carbocycles. The largest absolute Gasteiger partial charge is 0.359 e. The Balaban J connectivity index is 0.00000167. The molecule has 0 fully saturated rings. The van der Waals surface area contributed by atoms with Crippen molar-refractivity contribution in [1.29, 1.82) is 0 Å². The molecule has 3 N–H and O–H groups in total.